The van der Waals surface area contributed by atoms with E-state index in [1.54, 1.807) is 0 Å². The number of rotatable bonds is 23. The SMILES string of the molecule is CCO[Si](C)(CCCCCCCCNCCC[Si](OCC)(OCC)OCC)OCC. The predicted molar refractivity (Wildman–Crippen MR) is 130 cm³/mol. The van der Waals surface area contributed by atoms with Crippen LogP contribution in [0.15, 0.2) is 0 Å². The van der Waals surface area contributed by atoms with Gasteiger partial charge in [-0.05, 0) is 73.1 Å². The van der Waals surface area contributed by atoms with Crippen LogP contribution in [0.4, 0.5) is 0 Å². The van der Waals surface area contributed by atoms with Crippen LogP contribution >= 0.6 is 0 Å². The van der Waals surface area contributed by atoms with Crippen LogP contribution in [-0.4, -0.2) is 63.5 Å². The number of nitrogens with one attached hydrogen (secondary N) is 1. The molecule has 8 heteroatoms. The third kappa shape index (κ3) is 15.1. The quantitative estimate of drug-likeness (QED) is 0.159. The highest BCUT2D eigenvalue weighted by atomic mass is 28.4. The minimum Gasteiger partial charge on any atom is -0.395 e. The van der Waals surface area contributed by atoms with Crippen molar-refractivity contribution in [2.75, 3.05) is 46.1 Å². The van der Waals surface area contributed by atoms with Gasteiger partial charge in [0.05, 0.1) is 0 Å². The van der Waals surface area contributed by atoms with Crippen LogP contribution in [0.25, 0.3) is 0 Å². The Morgan fingerprint density at radius 2 is 0.933 bits per heavy atom. The Bertz CT molecular complexity index is 354. The van der Waals surface area contributed by atoms with E-state index in [2.05, 4.69) is 25.7 Å². The molecule has 0 aromatic heterocycles. The number of hydrogen-bond donors (Lipinski definition) is 1. The van der Waals surface area contributed by atoms with Gasteiger partial charge in [-0.1, -0.05) is 32.1 Å². The van der Waals surface area contributed by atoms with Gasteiger partial charge in [0.15, 0.2) is 0 Å². The monoisotopic (exact) mass is 465 g/mol. The van der Waals surface area contributed by atoms with Gasteiger partial charge in [-0.3, -0.25) is 0 Å². The van der Waals surface area contributed by atoms with E-state index >= 15 is 0 Å². The number of unbranched alkanes of at least 4 members (excludes halogenated alkanes) is 5. The van der Waals surface area contributed by atoms with Gasteiger partial charge in [-0.2, -0.15) is 0 Å². The molecule has 0 spiro atoms. The lowest BCUT2D eigenvalue weighted by Gasteiger charge is -2.28. The highest BCUT2D eigenvalue weighted by Crippen LogP contribution is 2.19. The Labute approximate surface area is 189 Å². The van der Waals surface area contributed by atoms with Gasteiger partial charge in [-0.15, -0.1) is 0 Å². The van der Waals surface area contributed by atoms with Crippen molar-refractivity contribution in [2.24, 2.45) is 0 Å². The van der Waals surface area contributed by atoms with Crippen LogP contribution in [0.3, 0.4) is 0 Å². The molecule has 0 unspecified atom stereocenters. The Kier molecular flexibility index (Phi) is 20.0. The second-order valence-electron chi connectivity index (χ2n) is 7.71. The lowest BCUT2D eigenvalue weighted by molar-refractivity contribution is 0.0708. The molecular weight excluding hydrogens is 414 g/mol. The molecule has 0 saturated heterocycles. The molecule has 0 aliphatic heterocycles. The van der Waals surface area contributed by atoms with E-state index in [4.69, 9.17) is 22.1 Å². The fourth-order valence-corrected chi connectivity index (χ4v) is 8.85. The maximum absolute atomic E-state index is 5.91. The van der Waals surface area contributed by atoms with Crippen LogP contribution in [0, 0.1) is 0 Å². The largest absolute Gasteiger partial charge is 0.500 e. The molecule has 0 aromatic carbocycles. The summed E-state index contributed by atoms with van der Waals surface area (Å²) in [4.78, 5) is 0. The van der Waals surface area contributed by atoms with Crippen molar-refractivity contribution in [3.63, 3.8) is 0 Å². The van der Waals surface area contributed by atoms with E-state index in [1.807, 2.05) is 20.8 Å². The predicted octanol–water partition coefficient (Wildman–Crippen LogP) is 5.50. The molecule has 0 amide bonds. The minimum atomic E-state index is -2.47. The summed E-state index contributed by atoms with van der Waals surface area (Å²) in [7, 11) is -4.38. The zero-order valence-electron chi connectivity index (χ0n) is 20.9. The highest BCUT2D eigenvalue weighted by molar-refractivity contribution is 6.66. The Balaban J connectivity index is 3.71. The van der Waals surface area contributed by atoms with Crippen molar-refractivity contribution in [1.29, 1.82) is 0 Å². The Morgan fingerprint density at radius 1 is 0.500 bits per heavy atom. The van der Waals surface area contributed by atoms with Crippen molar-refractivity contribution in [2.45, 2.75) is 98.2 Å². The second kappa shape index (κ2) is 19.8. The summed E-state index contributed by atoms with van der Waals surface area (Å²) in [6, 6.07) is 2.01. The van der Waals surface area contributed by atoms with Crippen LogP contribution in [0.2, 0.25) is 18.6 Å². The van der Waals surface area contributed by atoms with Crippen molar-refractivity contribution in [3.8, 4) is 0 Å². The molecule has 182 valence electrons. The van der Waals surface area contributed by atoms with Crippen molar-refractivity contribution < 1.29 is 22.1 Å². The third-order valence-corrected chi connectivity index (χ3v) is 11.3. The lowest BCUT2D eigenvalue weighted by atomic mass is 10.1. The molecule has 6 nitrogen and oxygen atoms in total. The summed E-state index contributed by atoms with van der Waals surface area (Å²) in [5, 5.41) is 3.56. The van der Waals surface area contributed by atoms with Gasteiger partial charge in [0.1, 0.15) is 0 Å². The van der Waals surface area contributed by atoms with Crippen LogP contribution in [-0.2, 0) is 22.1 Å². The fourth-order valence-electron chi connectivity index (χ4n) is 3.76. The molecule has 0 bridgehead atoms. The van der Waals surface area contributed by atoms with E-state index in [0.29, 0.717) is 19.8 Å². The molecule has 0 aromatic rings. The number of hydrogen-bond acceptors (Lipinski definition) is 6. The van der Waals surface area contributed by atoms with Crippen molar-refractivity contribution >= 4 is 17.4 Å². The first kappa shape index (κ1) is 30.2. The first-order valence-electron chi connectivity index (χ1n) is 12.4. The summed E-state index contributed by atoms with van der Waals surface area (Å²) in [5.41, 5.74) is 0. The zero-order valence-corrected chi connectivity index (χ0v) is 22.9. The van der Waals surface area contributed by atoms with E-state index in [-0.39, 0.29) is 0 Å². The molecule has 1 N–H and O–H groups in total. The summed E-state index contributed by atoms with van der Waals surface area (Å²) in [5.74, 6) is 0. The highest BCUT2D eigenvalue weighted by Gasteiger charge is 2.39. The normalized spacial score (nSPS) is 12.6. The topological polar surface area (TPSA) is 58.2 Å². The van der Waals surface area contributed by atoms with Gasteiger partial charge in [0, 0.05) is 39.1 Å². The first-order chi connectivity index (χ1) is 14.5. The second-order valence-corrected chi connectivity index (χ2v) is 13.8. The van der Waals surface area contributed by atoms with Gasteiger partial charge < -0.3 is 27.4 Å². The summed E-state index contributed by atoms with van der Waals surface area (Å²) in [6.45, 7) is 17.9. The maximum Gasteiger partial charge on any atom is 0.500 e. The van der Waals surface area contributed by atoms with E-state index in [0.717, 1.165) is 44.8 Å². The molecule has 30 heavy (non-hydrogen) atoms. The first-order valence-corrected chi connectivity index (χ1v) is 16.9. The standard InChI is InChI=1S/C22H51NO5Si2/c1-7-24-29(6,25-8-2)21-17-15-13-12-14-16-19-23-20-18-22-30(26-9-3,27-10-4)28-11-5/h23H,7-22H2,1-6H3. The molecule has 0 saturated carbocycles. The molecule has 0 radical (unpaired) electrons. The van der Waals surface area contributed by atoms with Crippen LogP contribution in [0.1, 0.15) is 79.6 Å². The average Bonchev–Trinajstić information content (AvgIpc) is 2.70. The molecule has 0 aliphatic rings. The molecular formula is C22H51NO5Si2. The molecule has 0 atom stereocenters. The lowest BCUT2D eigenvalue weighted by Crippen LogP contribution is -2.46. The molecule has 0 heterocycles. The van der Waals surface area contributed by atoms with Crippen molar-refractivity contribution in [3.05, 3.63) is 0 Å². The summed E-state index contributed by atoms with van der Waals surface area (Å²) < 4.78 is 29.5. The summed E-state index contributed by atoms with van der Waals surface area (Å²) >= 11 is 0. The average molecular weight is 466 g/mol. The van der Waals surface area contributed by atoms with E-state index in [9.17, 15) is 0 Å². The summed E-state index contributed by atoms with van der Waals surface area (Å²) in [6.07, 6.45) is 8.73. The van der Waals surface area contributed by atoms with Gasteiger partial charge in [-0.25, -0.2) is 0 Å². The van der Waals surface area contributed by atoms with Gasteiger partial charge in [0.2, 0.25) is 0 Å². The third-order valence-electron chi connectivity index (χ3n) is 5.06. The van der Waals surface area contributed by atoms with Crippen molar-refractivity contribution in [1.82, 2.24) is 5.32 Å². The Morgan fingerprint density at radius 3 is 1.43 bits per heavy atom. The zero-order chi connectivity index (χ0) is 22.6. The van der Waals surface area contributed by atoms with Crippen LogP contribution in [0.5, 0.6) is 0 Å². The van der Waals surface area contributed by atoms with Crippen LogP contribution < -0.4 is 5.32 Å². The van der Waals surface area contributed by atoms with E-state index in [1.165, 1.54) is 38.5 Å². The van der Waals surface area contributed by atoms with Gasteiger partial charge >= 0.3 is 17.4 Å². The minimum absolute atomic E-state index is 0.651. The molecule has 0 aliphatic carbocycles. The van der Waals surface area contributed by atoms with E-state index < -0.39 is 17.4 Å². The van der Waals surface area contributed by atoms with Gasteiger partial charge in [0.25, 0.3) is 0 Å². The Hall–Kier alpha value is 0.194. The molecule has 0 fully saturated rings. The molecule has 0 rings (SSSR count). The maximum atomic E-state index is 5.91. The fraction of sp³-hybridized carbons (Fsp3) is 1.00. The smallest absolute Gasteiger partial charge is 0.395 e.